The Morgan fingerprint density at radius 1 is 1.06 bits per heavy atom. The van der Waals surface area contributed by atoms with Gasteiger partial charge in [0.15, 0.2) is 6.04 Å². The van der Waals surface area contributed by atoms with Gasteiger partial charge in [-0.05, 0) is 19.1 Å². The molecule has 180 valence electrons. The highest BCUT2D eigenvalue weighted by Gasteiger charge is 2.28. The number of carboxylic acids is 1. The monoisotopic (exact) mass is 465 g/mol. The third kappa shape index (κ3) is 9.35. The lowest BCUT2D eigenvalue weighted by Gasteiger charge is -2.20. The molecule has 0 saturated heterocycles. The number of benzene rings is 1. The quantitative estimate of drug-likeness (QED) is 0.0979. The van der Waals surface area contributed by atoms with E-state index in [0.717, 1.165) is 0 Å². The highest BCUT2D eigenvalue weighted by Crippen LogP contribution is 2.04. The minimum Gasteiger partial charge on any atom is -0.481 e. The number of carbonyl (C=O) groups is 5. The van der Waals surface area contributed by atoms with E-state index in [4.69, 9.17) is 21.0 Å². The predicted octanol–water partition coefficient (Wildman–Crippen LogP) is -1.91. The molecular formula is C20H27N5O8. The fourth-order valence-corrected chi connectivity index (χ4v) is 2.54. The Bertz CT molecular complexity index is 887. The van der Waals surface area contributed by atoms with Crippen molar-refractivity contribution in [2.75, 3.05) is 19.8 Å². The van der Waals surface area contributed by atoms with E-state index in [0.29, 0.717) is 5.56 Å². The van der Waals surface area contributed by atoms with Crippen molar-refractivity contribution in [2.24, 2.45) is 5.73 Å². The first-order valence-electron chi connectivity index (χ1n) is 9.90. The molecule has 0 aliphatic carbocycles. The number of aliphatic hydroxyl groups excluding tert-OH is 1. The van der Waals surface area contributed by atoms with E-state index in [1.165, 1.54) is 31.2 Å². The number of amidine groups is 1. The SMILES string of the molecule is CCOC(=O)[C@H](CO)NC(=O)[C@H](CC(=O)O)NC(=O)CCNC(=O)c1ccc(C(=N)N)cc1. The number of hydrogen-bond acceptors (Lipinski definition) is 8. The summed E-state index contributed by atoms with van der Waals surface area (Å²) in [7, 11) is 0. The van der Waals surface area contributed by atoms with Gasteiger partial charge in [-0.15, -0.1) is 0 Å². The Labute approximate surface area is 189 Å². The first kappa shape index (κ1) is 27.0. The maximum atomic E-state index is 12.3. The van der Waals surface area contributed by atoms with Crippen LogP contribution in [0.1, 0.15) is 35.7 Å². The van der Waals surface area contributed by atoms with E-state index < -0.39 is 54.8 Å². The number of hydrogen-bond donors (Lipinski definition) is 7. The molecule has 1 rings (SSSR count). The van der Waals surface area contributed by atoms with Crippen molar-refractivity contribution in [1.82, 2.24) is 16.0 Å². The standard InChI is InChI=1S/C20H27N5O8/c1-2-33-20(32)14(10-26)25-19(31)13(9-16(28)29)24-15(27)7-8-23-18(30)12-5-3-11(4-6-12)17(21)22/h3-6,13-14,26H,2,7-10H2,1H3,(H3,21,22)(H,23,30)(H,24,27)(H,25,31)(H,28,29)/t13-,14-/m0/s1. The Kier molecular flexibility index (Phi) is 11.0. The second-order valence-corrected chi connectivity index (χ2v) is 6.71. The molecule has 0 aliphatic rings. The molecule has 0 aromatic heterocycles. The van der Waals surface area contributed by atoms with Crippen molar-refractivity contribution in [3.05, 3.63) is 35.4 Å². The molecule has 0 saturated carbocycles. The summed E-state index contributed by atoms with van der Waals surface area (Å²) in [6, 6.07) is 2.97. The molecule has 1 aromatic rings. The van der Waals surface area contributed by atoms with E-state index in [-0.39, 0.29) is 31.0 Å². The van der Waals surface area contributed by atoms with Gasteiger partial charge in [0.2, 0.25) is 11.8 Å². The van der Waals surface area contributed by atoms with Crippen LogP contribution in [0.15, 0.2) is 24.3 Å². The first-order chi connectivity index (χ1) is 15.6. The summed E-state index contributed by atoms with van der Waals surface area (Å²) in [5.74, 6) is -4.64. The van der Waals surface area contributed by atoms with Crippen LogP contribution in [0.25, 0.3) is 0 Å². The molecule has 0 unspecified atom stereocenters. The number of ether oxygens (including phenoxy) is 1. The van der Waals surface area contributed by atoms with Crippen molar-refractivity contribution >= 4 is 35.5 Å². The smallest absolute Gasteiger partial charge is 0.331 e. The number of nitrogen functional groups attached to an aromatic ring is 1. The number of aliphatic carboxylic acids is 1. The minimum atomic E-state index is -1.52. The van der Waals surface area contributed by atoms with Crippen LogP contribution in [0.4, 0.5) is 0 Å². The molecule has 2 atom stereocenters. The average molecular weight is 465 g/mol. The van der Waals surface area contributed by atoms with Gasteiger partial charge >= 0.3 is 11.9 Å². The number of esters is 1. The van der Waals surface area contributed by atoms with Gasteiger partial charge in [-0.3, -0.25) is 24.6 Å². The number of amides is 3. The molecule has 8 N–H and O–H groups in total. The van der Waals surface area contributed by atoms with Crippen molar-refractivity contribution in [3.63, 3.8) is 0 Å². The summed E-state index contributed by atoms with van der Waals surface area (Å²) < 4.78 is 4.69. The number of aliphatic hydroxyl groups is 1. The van der Waals surface area contributed by atoms with Gasteiger partial charge in [0.05, 0.1) is 19.6 Å². The van der Waals surface area contributed by atoms with Gasteiger partial charge in [0, 0.05) is 24.1 Å². The van der Waals surface area contributed by atoms with E-state index in [2.05, 4.69) is 16.0 Å². The lowest BCUT2D eigenvalue weighted by atomic mass is 10.1. The molecule has 0 heterocycles. The second-order valence-electron chi connectivity index (χ2n) is 6.71. The predicted molar refractivity (Wildman–Crippen MR) is 114 cm³/mol. The second kappa shape index (κ2) is 13.4. The lowest BCUT2D eigenvalue weighted by molar-refractivity contribution is -0.149. The van der Waals surface area contributed by atoms with Gasteiger partial charge in [-0.25, -0.2) is 4.79 Å². The van der Waals surface area contributed by atoms with Gasteiger partial charge in [-0.1, -0.05) is 12.1 Å². The van der Waals surface area contributed by atoms with Crippen molar-refractivity contribution in [3.8, 4) is 0 Å². The van der Waals surface area contributed by atoms with E-state index in [1.54, 1.807) is 0 Å². The van der Waals surface area contributed by atoms with Crippen LogP contribution in [0.2, 0.25) is 0 Å². The number of nitrogens with one attached hydrogen (secondary N) is 4. The molecule has 0 radical (unpaired) electrons. The van der Waals surface area contributed by atoms with E-state index in [1.807, 2.05) is 0 Å². The molecule has 33 heavy (non-hydrogen) atoms. The van der Waals surface area contributed by atoms with Crippen molar-refractivity contribution in [1.29, 1.82) is 5.41 Å². The Balaban J connectivity index is 2.63. The Morgan fingerprint density at radius 3 is 2.18 bits per heavy atom. The van der Waals surface area contributed by atoms with E-state index >= 15 is 0 Å². The third-order valence-corrected chi connectivity index (χ3v) is 4.20. The molecule has 0 spiro atoms. The zero-order valence-corrected chi connectivity index (χ0v) is 17.9. The van der Waals surface area contributed by atoms with Crippen molar-refractivity contribution < 1.29 is 38.9 Å². The van der Waals surface area contributed by atoms with Crippen LogP contribution in [0.3, 0.4) is 0 Å². The summed E-state index contributed by atoms with van der Waals surface area (Å²) in [4.78, 5) is 59.4. The van der Waals surface area contributed by atoms with Crippen LogP contribution in [-0.4, -0.2) is 77.6 Å². The topological polar surface area (TPSA) is 221 Å². The lowest BCUT2D eigenvalue weighted by Crippen LogP contribution is -2.53. The minimum absolute atomic E-state index is 0.00703. The van der Waals surface area contributed by atoms with E-state index in [9.17, 15) is 29.1 Å². The zero-order chi connectivity index (χ0) is 25.0. The van der Waals surface area contributed by atoms with Crippen LogP contribution < -0.4 is 21.7 Å². The normalized spacial score (nSPS) is 12.1. The van der Waals surface area contributed by atoms with Crippen LogP contribution >= 0.6 is 0 Å². The first-order valence-corrected chi connectivity index (χ1v) is 9.90. The van der Waals surface area contributed by atoms with Crippen LogP contribution in [0.5, 0.6) is 0 Å². The van der Waals surface area contributed by atoms with Gasteiger partial charge in [-0.2, -0.15) is 0 Å². The summed E-state index contributed by atoms with van der Waals surface area (Å²) in [5, 5.41) is 32.4. The third-order valence-electron chi connectivity index (χ3n) is 4.20. The fraction of sp³-hybridized carbons (Fsp3) is 0.400. The summed E-state index contributed by atoms with van der Waals surface area (Å²) in [6.45, 7) is 0.648. The zero-order valence-electron chi connectivity index (χ0n) is 17.9. The molecule has 13 nitrogen and oxygen atoms in total. The maximum Gasteiger partial charge on any atom is 0.331 e. The summed E-state index contributed by atoms with van der Waals surface area (Å²) in [5.41, 5.74) is 6.07. The largest absolute Gasteiger partial charge is 0.481 e. The molecule has 3 amide bonds. The molecule has 0 fully saturated rings. The summed E-state index contributed by atoms with van der Waals surface area (Å²) >= 11 is 0. The van der Waals surface area contributed by atoms with Crippen LogP contribution in [0, 0.1) is 5.41 Å². The summed E-state index contributed by atoms with van der Waals surface area (Å²) in [6.07, 6.45) is -1.03. The molecule has 0 aliphatic heterocycles. The molecule has 13 heteroatoms. The Hall–Kier alpha value is -4.00. The van der Waals surface area contributed by atoms with Gasteiger partial charge < -0.3 is 36.6 Å². The number of rotatable bonds is 13. The number of carboxylic acid groups (broad SMARTS) is 1. The molecular weight excluding hydrogens is 438 g/mol. The number of nitrogens with two attached hydrogens (primary N) is 1. The maximum absolute atomic E-state index is 12.3. The fourth-order valence-electron chi connectivity index (χ4n) is 2.54. The molecule has 1 aromatic carbocycles. The number of carbonyl (C=O) groups excluding carboxylic acids is 4. The van der Waals surface area contributed by atoms with Gasteiger partial charge in [0.1, 0.15) is 11.9 Å². The van der Waals surface area contributed by atoms with Gasteiger partial charge in [0.25, 0.3) is 5.91 Å². The van der Waals surface area contributed by atoms with Crippen LogP contribution in [-0.2, 0) is 23.9 Å². The Morgan fingerprint density at radius 2 is 1.67 bits per heavy atom. The highest BCUT2D eigenvalue weighted by atomic mass is 16.5. The highest BCUT2D eigenvalue weighted by molar-refractivity contribution is 5.98. The van der Waals surface area contributed by atoms with Crippen molar-refractivity contribution in [2.45, 2.75) is 31.8 Å². The molecule has 0 bridgehead atoms. The average Bonchev–Trinajstić information content (AvgIpc) is 2.76.